The monoisotopic (exact) mass is 276 g/mol. The Morgan fingerprint density at radius 2 is 1.45 bits per heavy atom. The van der Waals surface area contributed by atoms with Crippen LogP contribution in [0.15, 0.2) is 0 Å². The summed E-state index contributed by atoms with van der Waals surface area (Å²) >= 11 is 0. The molecule has 0 aromatic rings. The van der Waals surface area contributed by atoms with Crippen LogP contribution in [0.25, 0.3) is 0 Å². The van der Waals surface area contributed by atoms with Crippen LogP contribution in [0.2, 0.25) is 0 Å². The summed E-state index contributed by atoms with van der Waals surface area (Å²) in [5.41, 5.74) is 1.26. The van der Waals surface area contributed by atoms with Crippen molar-refractivity contribution in [2.24, 2.45) is 40.4 Å². The van der Waals surface area contributed by atoms with Crippen LogP contribution in [0.5, 0.6) is 0 Å². The fraction of sp³-hybridized carbons (Fsp3) is 1.00. The molecule has 0 amide bonds. The number of hydrogen-bond acceptors (Lipinski definition) is 0. The summed E-state index contributed by atoms with van der Waals surface area (Å²) in [4.78, 5) is 0. The fourth-order valence-corrected chi connectivity index (χ4v) is 6.67. The zero-order chi connectivity index (χ0) is 14.5. The van der Waals surface area contributed by atoms with Crippen LogP contribution < -0.4 is 0 Å². The lowest BCUT2D eigenvalue weighted by Crippen LogP contribution is -2.48. The van der Waals surface area contributed by atoms with Crippen LogP contribution in [-0.4, -0.2) is 0 Å². The van der Waals surface area contributed by atoms with E-state index in [1.807, 2.05) is 0 Å². The number of rotatable bonds is 0. The summed E-state index contributed by atoms with van der Waals surface area (Å²) < 4.78 is 0. The molecule has 0 nitrogen and oxygen atoms in total. The maximum atomic E-state index is 2.64. The molecule has 0 saturated heterocycles. The van der Waals surface area contributed by atoms with Crippen molar-refractivity contribution in [2.45, 2.75) is 86.0 Å². The maximum Gasteiger partial charge on any atom is -0.0295 e. The third-order valence-electron chi connectivity index (χ3n) is 8.22. The van der Waals surface area contributed by atoms with Crippen molar-refractivity contribution >= 4 is 0 Å². The van der Waals surface area contributed by atoms with Crippen molar-refractivity contribution in [3.63, 3.8) is 0 Å². The van der Waals surface area contributed by atoms with Gasteiger partial charge in [0.1, 0.15) is 0 Å². The SMILES string of the molecule is C[C@@H]1CC[C@H]2C[C@@H]3[C@H](C)CCC[C@@]3(C)CCC1C2(C)C. The van der Waals surface area contributed by atoms with Gasteiger partial charge in [0.25, 0.3) is 0 Å². The molecule has 0 spiro atoms. The highest BCUT2D eigenvalue weighted by molar-refractivity contribution is 5.00. The second-order valence-corrected chi connectivity index (χ2v) is 9.58. The minimum Gasteiger partial charge on any atom is -0.0622 e. The molecule has 3 aliphatic rings. The molecule has 0 N–H and O–H groups in total. The predicted molar refractivity (Wildman–Crippen MR) is 87.6 cm³/mol. The molecule has 0 heteroatoms. The van der Waals surface area contributed by atoms with Crippen LogP contribution in [0.1, 0.15) is 86.0 Å². The first-order chi connectivity index (χ1) is 9.34. The van der Waals surface area contributed by atoms with E-state index in [9.17, 15) is 0 Å². The van der Waals surface area contributed by atoms with Gasteiger partial charge in [-0.15, -0.1) is 0 Å². The molecule has 0 aromatic carbocycles. The zero-order valence-electron chi connectivity index (χ0n) is 14.5. The first-order valence-electron chi connectivity index (χ1n) is 9.34. The minimum absolute atomic E-state index is 0.593. The summed E-state index contributed by atoms with van der Waals surface area (Å²) in [7, 11) is 0. The van der Waals surface area contributed by atoms with Crippen LogP contribution in [0, 0.1) is 40.4 Å². The Labute approximate surface area is 127 Å². The summed E-state index contributed by atoms with van der Waals surface area (Å²) in [5, 5.41) is 0. The third-order valence-corrected chi connectivity index (χ3v) is 8.22. The molecule has 3 fully saturated rings. The summed E-state index contributed by atoms with van der Waals surface area (Å²) in [6.07, 6.45) is 12.0. The van der Waals surface area contributed by atoms with E-state index < -0.39 is 0 Å². The topological polar surface area (TPSA) is 0 Å². The van der Waals surface area contributed by atoms with Crippen LogP contribution in [0.3, 0.4) is 0 Å². The molecule has 20 heavy (non-hydrogen) atoms. The Bertz CT molecular complexity index is 355. The van der Waals surface area contributed by atoms with Gasteiger partial charge in [-0.25, -0.2) is 0 Å². The molecule has 0 heterocycles. The van der Waals surface area contributed by atoms with E-state index in [4.69, 9.17) is 0 Å². The van der Waals surface area contributed by atoms with E-state index in [0.717, 1.165) is 29.6 Å². The van der Waals surface area contributed by atoms with Crippen molar-refractivity contribution in [3.05, 3.63) is 0 Å². The van der Waals surface area contributed by atoms with Gasteiger partial charge in [-0.05, 0) is 72.5 Å². The zero-order valence-corrected chi connectivity index (χ0v) is 14.5. The van der Waals surface area contributed by atoms with Gasteiger partial charge in [0.05, 0.1) is 0 Å². The van der Waals surface area contributed by atoms with Gasteiger partial charge in [-0.3, -0.25) is 0 Å². The Hall–Kier alpha value is 0. The molecule has 116 valence electrons. The average molecular weight is 277 g/mol. The second-order valence-electron chi connectivity index (χ2n) is 9.58. The standard InChI is InChI=1S/C20H36/c1-14-7-6-11-20(5)12-10-17-15(2)8-9-16(13-18(14)20)19(17,3)4/h14-18H,6-13H2,1-5H3/t14-,15-,16+,17?,18-,20+/m1/s1. The Balaban J connectivity index is 1.91. The molecule has 3 saturated carbocycles. The van der Waals surface area contributed by atoms with E-state index in [1.54, 1.807) is 0 Å². The average Bonchev–Trinajstić information content (AvgIpc) is 2.35. The number of fused-ring (bicyclic) bond motifs is 3. The van der Waals surface area contributed by atoms with Crippen molar-refractivity contribution in [3.8, 4) is 0 Å². The first-order valence-corrected chi connectivity index (χ1v) is 9.34. The molecular weight excluding hydrogens is 240 g/mol. The van der Waals surface area contributed by atoms with Gasteiger partial charge < -0.3 is 0 Å². The molecule has 3 rings (SSSR count). The first kappa shape index (κ1) is 14.9. The highest BCUT2D eigenvalue weighted by Gasteiger charge is 2.50. The van der Waals surface area contributed by atoms with Crippen LogP contribution in [-0.2, 0) is 0 Å². The van der Waals surface area contributed by atoms with Crippen molar-refractivity contribution in [2.75, 3.05) is 0 Å². The Morgan fingerprint density at radius 3 is 2.20 bits per heavy atom. The smallest absolute Gasteiger partial charge is 0.0295 e. The Morgan fingerprint density at radius 1 is 0.750 bits per heavy atom. The van der Waals surface area contributed by atoms with Crippen molar-refractivity contribution < 1.29 is 0 Å². The van der Waals surface area contributed by atoms with E-state index in [2.05, 4.69) is 34.6 Å². The van der Waals surface area contributed by atoms with Gasteiger partial charge in [0.2, 0.25) is 0 Å². The highest BCUT2D eigenvalue weighted by Crippen LogP contribution is 2.60. The molecule has 0 aliphatic heterocycles. The van der Waals surface area contributed by atoms with E-state index in [-0.39, 0.29) is 0 Å². The van der Waals surface area contributed by atoms with Gasteiger partial charge in [0.15, 0.2) is 0 Å². The third kappa shape index (κ3) is 2.26. The lowest BCUT2D eigenvalue weighted by molar-refractivity contribution is -0.0692. The molecule has 2 bridgehead atoms. The molecule has 0 aromatic heterocycles. The van der Waals surface area contributed by atoms with Gasteiger partial charge in [-0.2, -0.15) is 0 Å². The molecule has 0 radical (unpaired) electrons. The summed E-state index contributed by atoms with van der Waals surface area (Å²) in [6, 6.07) is 0. The largest absolute Gasteiger partial charge is 0.0622 e. The molecular formula is C20H36. The van der Waals surface area contributed by atoms with Gasteiger partial charge in [0, 0.05) is 0 Å². The van der Waals surface area contributed by atoms with Crippen molar-refractivity contribution in [1.82, 2.24) is 0 Å². The van der Waals surface area contributed by atoms with Crippen LogP contribution >= 0.6 is 0 Å². The second kappa shape index (κ2) is 5.03. The normalized spacial score (nSPS) is 51.8. The van der Waals surface area contributed by atoms with Gasteiger partial charge in [-0.1, -0.05) is 53.9 Å². The van der Waals surface area contributed by atoms with Crippen LogP contribution in [0.4, 0.5) is 0 Å². The predicted octanol–water partition coefficient (Wildman–Crippen LogP) is 6.30. The van der Waals surface area contributed by atoms with E-state index in [1.165, 1.54) is 51.4 Å². The minimum atomic E-state index is 0.593. The van der Waals surface area contributed by atoms with Crippen molar-refractivity contribution in [1.29, 1.82) is 0 Å². The molecule has 6 atom stereocenters. The summed E-state index contributed by atoms with van der Waals surface area (Å²) in [5.74, 6) is 4.92. The van der Waals surface area contributed by atoms with E-state index in [0.29, 0.717) is 10.8 Å². The van der Waals surface area contributed by atoms with Gasteiger partial charge >= 0.3 is 0 Å². The quantitative estimate of drug-likeness (QED) is 0.487. The maximum absolute atomic E-state index is 2.64. The van der Waals surface area contributed by atoms with E-state index >= 15 is 0 Å². The molecule has 3 aliphatic carbocycles. The molecule has 1 unspecified atom stereocenters. The Kier molecular flexibility index (Phi) is 3.75. The summed E-state index contributed by atoms with van der Waals surface area (Å²) in [6.45, 7) is 12.9. The fourth-order valence-electron chi connectivity index (χ4n) is 6.67. The number of hydrogen-bond donors (Lipinski definition) is 0. The lowest BCUT2D eigenvalue weighted by atomic mass is 9.48. The lowest BCUT2D eigenvalue weighted by Gasteiger charge is -2.57. The highest BCUT2D eigenvalue weighted by atomic mass is 14.6.